The molecule has 0 unspecified atom stereocenters. The van der Waals surface area contributed by atoms with E-state index in [-0.39, 0.29) is 9.75 Å². The Labute approximate surface area is 98.4 Å². The second-order valence-corrected chi connectivity index (χ2v) is 5.75. The van der Waals surface area contributed by atoms with Crippen molar-refractivity contribution < 1.29 is 19.0 Å². The van der Waals surface area contributed by atoms with Crippen LogP contribution >= 0.6 is 22.7 Å². The minimum absolute atomic E-state index is 0.171. The maximum Gasteiger partial charge on any atom is 0.179 e. The van der Waals surface area contributed by atoms with Crippen molar-refractivity contribution in [2.24, 2.45) is 0 Å². The SMILES string of the molecule is Cc1sc(-c2sc(C)c(F)c2O)c(O)c1F. The van der Waals surface area contributed by atoms with Crippen LogP contribution in [0.4, 0.5) is 8.78 Å². The summed E-state index contributed by atoms with van der Waals surface area (Å²) in [5, 5.41) is 19.0. The summed E-state index contributed by atoms with van der Waals surface area (Å²) in [6, 6.07) is 0. The average Bonchev–Trinajstić information content (AvgIpc) is 2.64. The van der Waals surface area contributed by atoms with Crippen LogP contribution in [0.2, 0.25) is 0 Å². The van der Waals surface area contributed by atoms with Crippen LogP contribution in [0.5, 0.6) is 11.5 Å². The van der Waals surface area contributed by atoms with Gasteiger partial charge < -0.3 is 10.2 Å². The first-order chi connectivity index (χ1) is 7.43. The van der Waals surface area contributed by atoms with Gasteiger partial charge in [-0.15, -0.1) is 22.7 Å². The molecule has 2 heterocycles. The molecule has 2 rings (SSSR count). The molecular formula is C10H8F2O2S2. The smallest absolute Gasteiger partial charge is 0.179 e. The Bertz CT molecular complexity index is 507. The Morgan fingerprint density at radius 3 is 1.31 bits per heavy atom. The molecule has 2 N–H and O–H groups in total. The van der Waals surface area contributed by atoms with Gasteiger partial charge in [0.25, 0.3) is 0 Å². The number of halogens is 2. The fourth-order valence-electron chi connectivity index (χ4n) is 1.33. The van der Waals surface area contributed by atoms with Crippen molar-refractivity contribution in [1.82, 2.24) is 0 Å². The Morgan fingerprint density at radius 2 is 1.12 bits per heavy atom. The van der Waals surface area contributed by atoms with E-state index in [1.54, 1.807) is 0 Å². The van der Waals surface area contributed by atoms with E-state index >= 15 is 0 Å². The molecule has 0 amide bonds. The molecule has 0 fully saturated rings. The lowest BCUT2D eigenvalue weighted by molar-refractivity contribution is 0.430. The molecule has 86 valence electrons. The zero-order valence-corrected chi connectivity index (χ0v) is 10.1. The first-order valence-corrected chi connectivity index (χ1v) is 6.02. The molecule has 0 aliphatic carbocycles. The maximum atomic E-state index is 13.3. The van der Waals surface area contributed by atoms with Gasteiger partial charge in [0, 0.05) is 9.75 Å². The van der Waals surface area contributed by atoms with Gasteiger partial charge in [-0.05, 0) is 13.8 Å². The topological polar surface area (TPSA) is 40.5 Å². The highest BCUT2D eigenvalue weighted by molar-refractivity contribution is 7.22. The van der Waals surface area contributed by atoms with E-state index in [9.17, 15) is 19.0 Å². The van der Waals surface area contributed by atoms with Crippen LogP contribution in [0.15, 0.2) is 0 Å². The summed E-state index contributed by atoms with van der Waals surface area (Å²) < 4.78 is 26.5. The average molecular weight is 262 g/mol. The van der Waals surface area contributed by atoms with Gasteiger partial charge in [0.15, 0.2) is 23.1 Å². The van der Waals surface area contributed by atoms with Crippen LogP contribution in [0.25, 0.3) is 9.75 Å². The van der Waals surface area contributed by atoms with Crippen LogP contribution in [0.1, 0.15) is 9.75 Å². The number of thiophene rings is 2. The fourth-order valence-corrected chi connectivity index (χ4v) is 3.32. The number of aryl methyl sites for hydroxylation is 2. The zero-order valence-electron chi connectivity index (χ0n) is 8.47. The lowest BCUT2D eigenvalue weighted by Crippen LogP contribution is -1.72. The highest BCUT2D eigenvalue weighted by Crippen LogP contribution is 2.48. The standard InChI is InChI=1S/C10H8F2O2S2/c1-3-5(11)7(13)9(15-3)10-8(14)6(12)4(2)16-10/h13-14H,1-2H3. The summed E-state index contributed by atoms with van der Waals surface area (Å²) in [4.78, 5) is 0.950. The summed E-state index contributed by atoms with van der Waals surface area (Å²) in [7, 11) is 0. The monoisotopic (exact) mass is 262 g/mol. The molecule has 0 saturated heterocycles. The number of hydrogen-bond acceptors (Lipinski definition) is 4. The first kappa shape index (κ1) is 11.3. The van der Waals surface area contributed by atoms with Crippen molar-refractivity contribution in [3.8, 4) is 21.3 Å². The van der Waals surface area contributed by atoms with E-state index < -0.39 is 23.1 Å². The Kier molecular flexibility index (Phi) is 2.63. The molecule has 0 aliphatic rings. The van der Waals surface area contributed by atoms with Gasteiger partial charge in [0.2, 0.25) is 0 Å². The van der Waals surface area contributed by atoms with Gasteiger partial charge in [-0.2, -0.15) is 0 Å². The highest BCUT2D eigenvalue weighted by Gasteiger charge is 2.23. The van der Waals surface area contributed by atoms with Crippen LogP contribution in [0.3, 0.4) is 0 Å². The van der Waals surface area contributed by atoms with Gasteiger partial charge in [-0.25, -0.2) is 8.78 Å². The van der Waals surface area contributed by atoms with Crippen LogP contribution < -0.4 is 0 Å². The van der Waals surface area contributed by atoms with E-state index in [1.165, 1.54) is 13.8 Å². The first-order valence-electron chi connectivity index (χ1n) is 4.39. The van der Waals surface area contributed by atoms with Crippen molar-refractivity contribution in [3.63, 3.8) is 0 Å². The second-order valence-electron chi connectivity index (χ2n) is 3.30. The molecule has 0 aliphatic heterocycles. The molecule has 0 radical (unpaired) electrons. The summed E-state index contributed by atoms with van der Waals surface area (Å²) in [5.41, 5.74) is 0. The third kappa shape index (κ3) is 1.49. The molecule has 0 saturated carbocycles. The third-order valence-electron chi connectivity index (χ3n) is 2.18. The molecule has 6 heteroatoms. The van der Waals surface area contributed by atoms with Crippen molar-refractivity contribution >= 4 is 22.7 Å². The van der Waals surface area contributed by atoms with Crippen LogP contribution in [-0.4, -0.2) is 10.2 Å². The van der Waals surface area contributed by atoms with Crippen LogP contribution in [-0.2, 0) is 0 Å². The molecular weight excluding hydrogens is 254 g/mol. The third-order valence-corrected chi connectivity index (χ3v) is 4.48. The van der Waals surface area contributed by atoms with Crippen molar-refractivity contribution in [1.29, 1.82) is 0 Å². The Balaban J connectivity index is 2.68. The van der Waals surface area contributed by atoms with E-state index in [1.807, 2.05) is 0 Å². The number of rotatable bonds is 1. The molecule has 2 aromatic rings. The summed E-state index contributed by atoms with van der Waals surface area (Å²) >= 11 is 1.98. The van der Waals surface area contributed by atoms with E-state index in [0.29, 0.717) is 9.75 Å². The molecule has 16 heavy (non-hydrogen) atoms. The summed E-state index contributed by atoms with van der Waals surface area (Å²) in [5.74, 6) is -2.49. The number of hydrogen-bond donors (Lipinski definition) is 2. The van der Waals surface area contributed by atoms with Gasteiger partial charge in [-0.3, -0.25) is 0 Å². The summed E-state index contributed by atoms with van der Waals surface area (Å²) in [6.07, 6.45) is 0. The molecule has 0 atom stereocenters. The van der Waals surface area contributed by atoms with Crippen LogP contribution in [0, 0.1) is 25.5 Å². The van der Waals surface area contributed by atoms with Crippen molar-refractivity contribution in [2.45, 2.75) is 13.8 Å². The van der Waals surface area contributed by atoms with Crippen molar-refractivity contribution in [3.05, 3.63) is 21.4 Å². The maximum absolute atomic E-state index is 13.3. The van der Waals surface area contributed by atoms with E-state index in [4.69, 9.17) is 0 Å². The molecule has 0 bridgehead atoms. The molecule has 0 spiro atoms. The lowest BCUT2D eigenvalue weighted by atomic mass is 10.3. The molecule has 2 nitrogen and oxygen atoms in total. The second kappa shape index (κ2) is 3.71. The van der Waals surface area contributed by atoms with Gasteiger partial charge in [0.1, 0.15) is 0 Å². The minimum Gasteiger partial charge on any atom is -0.504 e. The van der Waals surface area contributed by atoms with Gasteiger partial charge >= 0.3 is 0 Å². The molecule has 2 aromatic heterocycles. The van der Waals surface area contributed by atoms with Gasteiger partial charge in [-0.1, -0.05) is 0 Å². The normalized spacial score (nSPS) is 11.0. The number of aromatic hydroxyl groups is 2. The fraction of sp³-hybridized carbons (Fsp3) is 0.200. The largest absolute Gasteiger partial charge is 0.504 e. The zero-order chi connectivity index (χ0) is 12.0. The quantitative estimate of drug-likeness (QED) is 0.821. The predicted octanol–water partition coefficient (Wildman–Crippen LogP) is 3.78. The highest BCUT2D eigenvalue weighted by atomic mass is 32.1. The van der Waals surface area contributed by atoms with E-state index in [2.05, 4.69) is 0 Å². The summed E-state index contributed by atoms with van der Waals surface area (Å²) in [6.45, 7) is 3.02. The molecule has 0 aromatic carbocycles. The Morgan fingerprint density at radius 1 is 0.812 bits per heavy atom. The lowest BCUT2D eigenvalue weighted by Gasteiger charge is -1.94. The van der Waals surface area contributed by atoms with Gasteiger partial charge in [0.05, 0.1) is 9.75 Å². The van der Waals surface area contributed by atoms with E-state index in [0.717, 1.165) is 22.7 Å². The predicted molar refractivity (Wildman–Crippen MR) is 60.4 cm³/mol. The minimum atomic E-state index is -0.717. The van der Waals surface area contributed by atoms with Crippen molar-refractivity contribution in [2.75, 3.05) is 0 Å². The Hall–Kier alpha value is -1.14.